The third-order valence-electron chi connectivity index (χ3n) is 5.41. The molecule has 0 bridgehead atoms. The maximum atomic E-state index is 13.4. The quantitative estimate of drug-likeness (QED) is 0.627. The number of carbonyl (C=O) groups is 2. The standard InChI is InChI=1S/C22H19N3O2S2/c1-12-18(21(27)25-22-24-14-5-2-3-8-17(14)29-22)19(13-9-10-28-11-13)20-15(23-12)6-4-7-16(20)26/h2-3,5,8-11,19,23H,4,6-7H2,1H3,(H,24,25,27). The maximum Gasteiger partial charge on any atom is 0.256 e. The summed E-state index contributed by atoms with van der Waals surface area (Å²) >= 11 is 3.03. The summed E-state index contributed by atoms with van der Waals surface area (Å²) in [6.45, 7) is 1.91. The number of anilines is 1. The lowest BCUT2D eigenvalue weighted by Crippen LogP contribution is -2.35. The van der Waals surface area contributed by atoms with Crippen LogP contribution in [0.15, 0.2) is 63.6 Å². The molecule has 1 aliphatic carbocycles. The van der Waals surface area contributed by atoms with Crippen molar-refractivity contribution in [3.05, 3.63) is 69.2 Å². The van der Waals surface area contributed by atoms with Crippen LogP contribution in [0.2, 0.25) is 0 Å². The molecule has 29 heavy (non-hydrogen) atoms. The number of amides is 1. The molecule has 7 heteroatoms. The van der Waals surface area contributed by atoms with Crippen LogP contribution in [0.1, 0.15) is 37.7 Å². The number of nitrogens with zero attached hydrogens (tertiary/aromatic N) is 1. The van der Waals surface area contributed by atoms with Gasteiger partial charge >= 0.3 is 0 Å². The monoisotopic (exact) mass is 421 g/mol. The molecule has 2 aromatic heterocycles. The molecule has 1 aliphatic heterocycles. The van der Waals surface area contributed by atoms with Gasteiger partial charge in [0.2, 0.25) is 0 Å². The number of thiazole rings is 1. The third-order valence-corrected chi connectivity index (χ3v) is 7.06. The zero-order valence-corrected chi connectivity index (χ0v) is 17.5. The van der Waals surface area contributed by atoms with Crippen LogP contribution in [0.25, 0.3) is 10.2 Å². The zero-order chi connectivity index (χ0) is 20.0. The van der Waals surface area contributed by atoms with Gasteiger partial charge in [0.05, 0.1) is 10.2 Å². The molecule has 0 spiro atoms. The van der Waals surface area contributed by atoms with Gasteiger partial charge in [0.25, 0.3) is 5.91 Å². The molecule has 0 radical (unpaired) electrons. The molecular formula is C22H19N3O2S2. The Labute approximate surface area is 176 Å². The lowest BCUT2D eigenvalue weighted by molar-refractivity contribution is -0.116. The van der Waals surface area contributed by atoms with E-state index >= 15 is 0 Å². The first-order valence-electron chi connectivity index (χ1n) is 9.55. The molecule has 1 amide bonds. The fourth-order valence-corrected chi connectivity index (χ4v) is 5.69. The van der Waals surface area contributed by atoms with Gasteiger partial charge in [-0.2, -0.15) is 11.3 Å². The molecule has 0 saturated heterocycles. The molecule has 1 unspecified atom stereocenters. The predicted octanol–water partition coefficient (Wildman–Crippen LogP) is 4.96. The summed E-state index contributed by atoms with van der Waals surface area (Å²) in [5, 5.41) is 10.9. The summed E-state index contributed by atoms with van der Waals surface area (Å²) in [5.41, 5.74) is 4.96. The molecule has 0 fully saturated rings. The van der Waals surface area contributed by atoms with E-state index < -0.39 is 0 Å². The molecule has 1 aromatic carbocycles. The second-order valence-electron chi connectivity index (χ2n) is 7.26. The zero-order valence-electron chi connectivity index (χ0n) is 15.8. The number of hydrogen-bond donors (Lipinski definition) is 2. The first-order chi connectivity index (χ1) is 14.1. The summed E-state index contributed by atoms with van der Waals surface area (Å²) in [6, 6.07) is 9.81. The van der Waals surface area contributed by atoms with Crippen molar-refractivity contribution in [2.45, 2.75) is 32.1 Å². The molecule has 0 saturated carbocycles. The molecule has 5 nitrogen and oxygen atoms in total. The van der Waals surface area contributed by atoms with Crippen molar-refractivity contribution in [1.29, 1.82) is 0 Å². The van der Waals surface area contributed by atoms with E-state index in [-0.39, 0.29) is 17.6 Å². The van der Waals surface area contributed by atoms with Crippen molar-refractivity contribution in [1.82, 2.24) is 10.3 Å². The minimum Gasteiger partial charge on any atom is -0.362 e. The number of carbonyl (C=O) groups excluding carboxylic acids is 2. The van der Waals surface area contributed by atoms with Gasteiger partial charge in [0.1, 0.15) is 0 Å². The smallest absolute Gasteiger partial charge is 0.256 e. The second-order valence-corrected chi connectivity index (χ2v) is 9.07. The lowest BCUT2D eigenvalue weighted by atomic mass is 9.76. The molecule has 3 heterocycles. The number of Topliss-reactive ketones (excluding diaryl/α,β-unsaturated/α-hetero) is 1. The number of fused-ring (bicyclic) bond motifs is 1. The Kier molecular flexibility index (Phi) is 4.56. The number of benzene rings is 1. The normalized spacial score (nSPS) is 19.3. The third kappa shape index (κ3) is 3.20. The van der Waals surface area contributed by atoms with Crippen molar-refractivity contribution in [3.8, 4) is 0 Å². The number of para-hydroxylation sites is 1. The SMILES string of the molecule is CC1=C(C(=O)Nc2nc3ccccc3s2)C(c2ccsc2)C2=C(CCCC2=O)N1. The van der Waals surface area contributed by atoms with Crippen molar-refractivity contribution in [2.75, 3.05) is 5.32 Å². The number of aromatic nitrogens is 1. The summed E-state index contributed by atoms with van der Waals surface area (Å²) < 4.78 is 1.03. The number of hydrogen-bond acceptors (Lipinski definition) is 6. The number of ketones is 1. The van der Waals surface area contributed by atoms with Crippen LogP contribution in [0.4, 0.5) is 5.13 Å². The summed E-state index contributed by atoms with van der Waals surface area (Å²) in [5.74, 6) is -0.414. The van der Waals surface area contributed by atoms with Gasteiger partial charge < -0.3 is 5.32 Å². The number of dihydropyridines is 1. The fourth-order valence-electron chi connectivity index (χ4n) is 4.15. The van der Waals surface area contributed by atoms with E-state index in [1.165, 1.54) is 11.3 Å². The van der Waals surface area contributed by atoms with Crippen LogP contribution in [-0.2, 0) is 9.59 Å². The number of nitrogens with one attached hydrogen (secondary N) is 2. The van der Waals surface area contributed by atoms with Gasteiger partial charge in [-0.25, -0.2) is 4.98 Å². The van der Waals surface area contributed by atoms with E-state index in [2.05, 4.69) is 15.6 Å². The van der Waals surface area contributed by atoms with Crippen molar-refractivity contribution in [2.24, 2.45) is 0 Å². The van der Waals surface area contributed by atoms with Gasteiger partial charge in [-0.3, -0.25) is 14.9 Å². The van der Waals surface area contributed by atoms with Gasteiger partial charge in [0.15, 0.2) is 10.9 Å². The van der Waals surface area contributed by atoms with E-state index in [9.17, 15) is 9.59 Å². The molecule has 2 N–H and O–H groups in total. The lowest BCUT2D eigenvalue weighted by Gasteiger charge is -2.34. The minimum atomic E-state index is -0.334. The van der Waals surface area contributed by atoms with Crippen LogP contribution in [0, 0.1) is 0 Å². The van der Waals surface area contributed by atoms with E-state index in [0.29, 0.717) is 17.1 Å². The largest absolute Gasteiger partial charge is 0.362 e. The average Bonchev–Trinajstić information content (AvgIpc) is 3.36. The molecular weight excluding hydrogens is 402 g/mol. The number of thiophene rings is 1. The number of allylic oxidation sites excluding steroid dienone is 3. The van der Waals surface area contributed by atoms with Crippen LogP contribution in [0.3, 0.4) is 0 Å². The predicted molar refractivity (Wildman–Crippen MR) is 117 cm³/mol. The van der Waals surface area contributed by atoms with E-state index in [4.69, 9.17) is 0 Å². The van der Waals surface area contributed by atoms with Gasteiger partial charge in [-0.05, 0) is 54.3 Å². The van der Waals surface area contributed by atoms with E-state index in [0.717, 1.165) is 45.6 Å². The molecule has 5 rings (SSSR count). The Morgan fingerprint density at radius 2 is 2.10 bits per heavy atom. The highest BCUT2D eigenvalue weighted by Gasteiger charge is 2.38. The van der Waals surface area contributed by atoms with Crippen LogP contribution < -0.4 is 10.6 Å². The Morgan fingerprint density at radius 3 is 2.90 bits per heavy atom. The Morgan fingerprint density at radius 1 is 1.24 bits per heavy atom. The number of rotatable bonds is 3. The molecule has 3 aromatic rings. The highest BCUT2D eigenvalue weighted by Crippen LogP contribution is 2.43. The van der Waals surface area contributed by atoms with Crippen molar-refractivity contribution >= 4 is 49.7 Å². The Bertz CT molecular complexity index is 1150. The highest BCUT2D eigenvalue weighted by atomic mass is 32.1. The Balaban J connectivity index is 1.54. The summed E-state index contributed by atoms with van der Waals surface area (Å²) in [7, 11) is 0. The second kappa shape index (κ2) is 7.24. The van der Waals surface area contributed by atoms with Crippen molar-refractivity contribution < 1.29 is 9.59 Å². The van der Waals surface area contributed by atoms with E-state index in [1.807, 2.05) is 48.0 Å². The fraction of sp³-hybridized carbons (Fsp3) is 0.227. The minimum absolute atomic E-state index is 0.132. The van der Waals surface area contributed by atoms with Crippen LogP contribution in [0.5, 0.6) is 0 Å². The van der Waals surface area contributed by atoms with Crippen LogP contribution in [-0.4, -0.2) is 16.7 Å². The molecule has 146 valence electrons. The van der Waals surface area contributed by atoms with Crippen molar-refractivity contribution in [3.63, 3.8) is 0 Å². The van der Waals surface area contributed by atoms with Gasteiger partial charge in [-0.1, -0.05) is 23.5 Å². The molecule has 1 atom stereocenters. The van der Waals surface area contributed by atoms with Crippen LogP contribution >= 0.6 is 22.7 Å². The first-order valence-corrected chi connectivity index (χ1v) is 11.3. The Hall–Kier alpha value is -2.77. The summed E-state index contributed by atoms with van der Waals surface area (Å²) in [6.07, 6.45) is 2.22. The summed E-state index contributed by atoms with van der Waals surface area (Å²) in [4.78, 5) is 30.7. The van der Waals surface area contributed by atoms with E-state index in [1.54, 1.807) is 11.3 Å². The average molecular weight is 422 g/mol. The topological polar surface area (TPSA) is 71.1 Å². The van der Waals surface area contributed by atoms with Gasteiger partial charge in [0, 0.05) is 34.9 Å². The molecule has 2 aliphatic rings. The maximum absolute atomic E-state index is 13.4. The highest BCUT2D eigenvalue weighted by molar-refractivity contribution is 7.22. The first kappa shape index (κ1) is 18.3. The van der Waals surface area contributed by atoms with Gasteiger partial charge in [-0.15, -0.1) is 0 Å².